The molecule has 0 aliphatic carbocycles. The number of hydrogen-bond donors (Lipinski definition) is 1. The Morgan fingerprint density at radius 1 is 1.00 bits per heavy atom. The highest BCUT2D eigenvalue weighted by molar-refractivity contribution is 8.00. The van der Waals surface area contributed by atoms with Gasteiger partial charge in [-0.2, -0.15) is 0 Å². The molecule has 0 atom stereocenters. The minimum atomic E-state index is -0.230. The van der Waals surface area contributed by atoms with E-state index < -0.39 is 0 Å². The summed E-state index contributed by atoms with van der Waals surface area (Å²) in [4.78, 5) is 29.8. The van der Waals surface area contributed by atoms with Gasteiger partial charge in [-0.05, 0) is 62.1 Å². The van der Waals surface area contributed by atoms with Crippen molar-refractivity contribution in [2.75, 3.05) is 37.8 Å². The van der Waals surface area contributed by atoms with E-state index >= 15 is 0 Å². The number of para-hydroxylation sites is 1. The molecule has 7 heteroatoms. The zero-order valence-electron chi connectivity index (χ0n) is 18.3. The first kappa shape index (κ1) is 21.6. The minimum Gasteiger partial charge on any atom is -0.497 e. The smallest absolute Gasteiger partial charge is 0.321 e. The summed E-state index contributed by atoms with van der Waals surface area (Å²) >= 11 is 1.85. The number of thioether (sulfide) groups is 1. The van der Waals surface area contributed by atoms with E-state index in [1.165, 1.54) is 0 Å². The minimum absolute atomic E-state index is 0.0566. The number of hydrogen-bond acceptors (Lipinski definition) is 4. The zero-order valence-corrected chi connectivity index (χ0v) is 19.1. The predicted molar refractivity (Wildman–Crippen MR) is 125 cm³/mol. The zero-order chi connectivity index (χ0) is 22.0. The third kappa shape index (κ3) is 4.24. The molecular formula is C24H29N3O3S. The van der Waals surface area contributed by atoms with Gasteiger partial charge in [0.15, 0.2) is 0 Å². The van der Waals surface area contributed by atoms with Gasteiger partial charge in [-0.1, -0.05) is 18.2 Å². The largest absolute Gasteiger partial charge is 0.497 e. The van der Waals surface area contributed by atoms with E-state index in [2.05, 4.69) is 5.32 Å². The summed E-state index contributed by atoms with van der Waals surface area (Å²) < 4.78 is 5.20. The molecule has 2 aromatic rings. The number of rotatable bonds is 3. The first-order chi connectivity index (χ1) is 14.9. The Morgan fingerprint density at radius 3 is 2.26 bits per heavy atom. The van der Waals surface area contributed by atoms with Gasteiger partial charge in [0.2, 0.25) is 0 Å². The molecule has 2 aliphatic rings. The summed E-state index contributed by atoms with van der Waals surface area (Å²) in [6.07, 6.45) is 1.56. The molecule has 2 aliphatic heterocycles. The second-order valence-electron chi connectivity index (χ2n) is 8.16. The van der Waals surface area contributed by atoms with Gasteiger partial charge >= 0.3 is 6.03 Å². The van der Waals surface area contributed by atoms with Crippen molar-refractivity contribution < 1.29 is 14.3 Å². The van der Waals surface area contributed by atoms with Crippen molar-refractivity contribution in [3.8, 4) is 5.75 Å². The molecule has 31 heavy (non-hydrogen) atoms. The number of likely N-dealkylation sites (tertiary alicyclic amines) is 1. The molecule has 0 bridgehead atoms. The van der Waals surface area contributed by atoms with E-state index in [1.807, 2.05) is 77.9 Å². The maximum atomic E-state index is 13.2. The van der Waals surface area contributed by atoms with E-state index in [-0.39, 0.29) is 16.8 Å². The summed E-state index contributed by atoms with van der Waals surface area (Å²) in [5.74, 6) is 1.72. The average Bonchev–Trinajstić information content (AvgIpc) is 3.19. The van der Waals surface area contributed by atoms with Crippen LogP contribution in [0.3, 0.4) is 0 Å². The van der Waals surface area contributed by atoms with Crippen LogP contribution in [-0.4, -0.2) is 59.1 Å². The molecule has 3 amide bonds. The Balaban J connectivity index is 1.42. The lowest BCUT2D eigenvalue weighted by Crippen LogP contribution is -2.54. The predicted octanol–water partition coefficient (Wildman–Crippen LogP) is 4.53. The second-order valence-corrected chi connectivity index (χ2v) is 9.62. The maximum absolute atomic E-state index is 13.2. The number of amides is 3. The van der Waals surface area contributed by atoms with Crippen molar-refractivity contribution in [3.63, 3.8) is 0 Å². The first-order valence-corrected chi connectivity index (χ1v) is 11.6. The van der Waals surface area contributed by atoms with Crippen molar-refractivity contribution in [2.24, 2.45) is 0 Å². The average molecular weight is 440 g/mol. The Morgan fingerprint density at radius 2 is 1.65 bits per heavy atom. The number of urea groups is 1. The van der Waals surface area contributed by atoms with E-state index in [9.17, 15) is 9.59 Å². The van der Waals surface area contributed by atoms with Crippen LogP contribution in [-0.2, 0) is 0 Å². The normalized spacial score (nSPS) is 17.6. The van der Waals surface area contributed by atoms with Crippen molar-refractivity contribution in [1.29, 1.82) is 0 Å². The Kier molecular flexibility index (Phi) is 6.14. The fourth-order valence-electron chi connectivity index (χ4n) is 4.46. The molecule has 1 spiro atoms. The van der Waals surface area contributed by atoms with Gasteiger partial charge in [0.05, 0.1) is 12.0 Å². The maximum Gasteiger partial charge on any atom is 0.321 e. The molecule has 2 aromatic carbocycles. The van der Waals surface area contributed by atoms with E-state index in [0.717, 1.165) is 47.7 Å². The van der Waals surface area contributed by atoms with Crippen molar-refractivity contribution in [3.05, 3.63) is 59.2 Å². The van der Waals surface area contributed by atoms with E-state index in [4.69, 9.17) is 4.74 Å². The molecule has 0 unspecified atom stereocenters. The summed E-state index contributed by atoms with van der Waals surface area (Å²) in [6.45, 7) is 6.02. The molecule has 6 nitrogen and oxygen atoms in total. The Labute approximate surface area is 187 Å². The molecule has 164 valence electrons. The summed E-state index contributed by atoms with van der Waals surface area (Å²) in [5.41, 5.74) is 3.69. The number of methoxy groups -OCH3 is 1. The van der Waals surface area contributed by atoms with Crippen LogP contribution in [0.4, 0.5) is 10.5 Å². The number of ether oxygens (including phenoxy) is 1. The SMILES string of the molecule is COc1ccc(C(=O)N2CCSC23CCN(C(=O)Nc2c(C)cccc2C)CC3)cc1. The third-order valence-corrected chi connectivity index (χ3v) is 7.86. The number of carbonyl (C=O) groups is 2. The van der Waals surface area contributed by atoms with E-state index in [1.54, 1.807) is 7.11 Å². The molecule has 2 fully saturated rings. The highest BCUT2D eigenvalue weighted by Crippen LogP contribution is 2.44. The summed E-state index contributed by atoms with van der Waals surface area (Å²) in [7, 11) is 1.62. The molecular weight excluding hydrogens is 410 g/mol. The number of anilines is 1. The lowest BCUT2D eigenvalue weighted by atomic mass is 10.0. The summed E-state index contributed by atoms with van der Waals surface area (Å²) in [5, 5.41) is 3.09. The van der Waals surface area contributed by atoms with Gasteiger partial charge < -0.3 is 19.9 Å². The van der Waals surface area contributed by atoms with Crippen LogP contribution >= 0.6 is 11.8 Å². The highest BCUT2D eigenvalue weighted by atomic mass is 32.2. The molecule has 0 radical (unpaired) electrons. The number of aryl methyl sites for hydroxylation is 2. The molecule has 4 rings (SSSR count). The van der Waals surface area contributed by atoms with Crippen LogP contribution in [0, 0.1) is 13.8 Å². The molecule has 2 saturated heterocycles. The Bertz CT molecular complexity index is 948. The number of piperidine rings is 1. The first-order valence-electron chi connectivity index (χ1n) is 10.7. The van der Waals surface area contributed by atoms with E-state index in [0.29, 0.717) is 18.7 Å². The second kappa shape index (κ2) is 8.83. The van der Waals surface area contributed by atoms with Crippen LogP contribution in [0.1, 0.15) is 34.3 Å². The molecule has 1 N–H and O–H groups in total. The highest BCUT2D eigenvalue weighted by Gasteiger charge is 2.47. The van der Waals surface area contributed by atoms with Crippen molar-refractivity contribution in [1.82, 2.24) is 9.80 Å². The van der Waals surface area contributed by atoms with Crippen LogP contribution in [0.2, 0.25) is 0 Å². The van der Waals surface area contributed by atoms with Crippen LogP contribution < -0.4 is 10.1 Å². The quantitative estimate of drug-likeness (QED) is 0.764. The lowest BCUT2D eigenvalue weighted by Gasteiger charge is -2.44. The van der Waals surface area contributed by atoms with Gasteiger partial charge in [-0.25, -0.2) is 4.79 Å². The number of nitrogens with zero attached hydrogens (tertiary/aromatic N) is 2. The number of carbonyl (C=O) groups excluding carboxylic acids is 2. The van der Waals surface area contributed by atoms with Crippen LogP contribution in [0.5, 0.6) is 5.75 Å². The van der Waals surface area contributed by atoms with Gasteiger partial charge in [0.1, 0.15) is 5.75 Å². The van der Waals surface area contributed by atoms with Crippen molar-refractivity contribution >= 4 is 29.4 Å². The monoisotopic (exact) mass is 439 g/mol. The third-order valence-electron chi connectivity index (χ3n) is 6.30. The summed E-state index contributed by atoms with van der Waals surface area (Å²) in [6, 6.07) is 13.2. The Hall–Kier alpha value is -2.67. The standard InChI is InChI=1S/C24H29N3O3S/c1-17-5-4-6-18(2)21(17)25-23(29)26-13-11-24(12-14-26)27(15-16-31-24)22(28)19-7-9-20(30-3)10-8-19/h4-10H,11-16H2,1-3H3,(H,25,29). The fourth-order valence-corrected chi connectivity index (χ4v) is 5.91. The molecule has 0 saturated carbocycles. The van der Waals surface area contributed by atoms with Crippen LogP contribution in [0.15, 0.2) is 42.5 Å². The van der Waals surface area contributed by atoms with Gasteiger partial charge in [0.25, 0.3) is 5.91 Å². The van der Waals surface area contributed by atoms with Gasteiger partial charge in [0, 0.05) is 36.6 Å². The fraction of sp³-hybridized carbons (Fsp3) is 0.417. The van der Waals surface area contributed by atoms with Crippen molar-refractivity contribution in [2.45, 2.75) is 31.6 Å². The van der Waals surface area contributed by atoms with Crippen LogP contribution in [0.25, 0.3) is 0 Å². The molecule has 0 aromatic heterocycles. The number of nitrogens with one attached hydrogen (secondary N) is 1. The van der Waals surface area contributed by atoms with Gasteiger partial charge in [-0.3, -0.25) is 4.79 Å². The number of benzene rings is 2. The molecule has 2 heterocycles. The lowest BCUT2D eigenvalue weighted by molar-refractivity contribution is 0.0585. The van der Waals surface area contributed by atoms with Gasteiger partial charge in [-0.15, -0.1) is 11.8 Å². The topological polar surface area (TPSA) is 61.9 Å².